The first-order valence-electron chi connectivity index (χ1n) is 5.26. The number of hydrogen-bond acceptors (Lipinski definition) is 3. The second kappa shape index (κ2) is 5.51. The van der Waals surface area contributed by atoms with Gasteiger partial charge in [-0.2, -0.15) is 0 Å². The molecule has 0 aliphatic heterocycles. The van der Waals surface area contributed by atoms with Crippen LogP contribution in [-0.4, -0.2) is 17.1 Å². The van der Waals surface area contributed by atoms with Gasteiger partial charge in [0.1, 0.15) is 5.69 Å². The highest BCUT2D eigenvalue weighted by molar-refractivity contribution is 9.10. The number of esters is 1. The summed E-state index contributed by atoms with van der Waals surface area (Å²) in [6.07, 6.45) is 1.89. The lowest BCUT2D eigenvalue weighted by Crippen LogP contribution is -2.12. The summed E-state index contributed by atoms with van der Waals surface area (Å²) < 4.78 is 7.98. The van der Waals surface area contributed by atoms with Gasteiger partial charge in [0.15, 0.2) is 0 Å². The monoisotopic (exact) mass is 313 g/mol. The Morgan fingerprint density at radius 1 is 1.53 bits per heavy atom. The molecule has 2 aromatic heterocycles. The summed E-state index contributed by atoms with van der Waals surface area (Å²) in [5, 5.41) is 2.02. The molecule has 0 saturated carbocycles. The smallest absolute Gasteiger partial charge is 0.354 e. The van der Waals surface area contributed by atoms with E-state index in [1.807, 2.05) is 28.3 Å². The summed E-state index contributed by atoms with van der Waals surface area (Å²) in [6.45, 7) is 2.88. The molecule has 2 heterocycles. The van der Waals surface area contributed by atoms with E-state index in [1.165, 1.54) is 4.88 Å². The lowest BCUT2D eigenvalue weighted by molar-refractivity contribution is 0.0514. The Balaban J connectivity index is 2.20. The molecule has 0 N–H and O–H groups in total. The van der Waals surface area contributed by atoms with Crippen molar-refractivity contribution in [3.63, 3.8) is 0 Å². The van der Waals surface area contributed by atoms with Gasteiger partial charge in [0.05, 0.1) is 13.2 Å². The maximum atomic E-state index is 11.7. The zero-order valence-electron chi connectivity index (χ0n) is 9.35. The number of thiophene rings is 1. The zero-order chi connectivity index (χ0) is 12.3. The van der Waals surface area contributed by atoms with Crippen LogP contribution in [0.25, 0.3) is 0 Å². The molecule has 2 rings (SSSR count). The van der Waals surface area contributed by atoms with Gasteiger partial charge in [0.25, 0.3) is 0 Å². The second-order valence-corrected chi connectivity index (χ2v) is 5.29. The molecule has 0 amide bonds. The van der Waals surface area contributed by atoms with Crippen LogP contribution in [-0.2, 0) is 11.3 Å². The minimum absolute atomic E-state index is 0.273. The van der Waals surface area contributed by atoms with Crippen molar-refractivity contribution in [2.24, 2.45) is 0 Å². The number of hydrogen-bond donors (Lipinski definition) is 0. The van der Waals surface area contributed by atoms with Gasteiger partial charge in [0.2, 0.25) is 0 Å². The minimum Gasteiger partial charge on any atom is -0.461 e. The predicted octanol–water partition coefficient (Wildman–Crippen LogP) is 3.54. The topological polar surface area (TPSA) is 31.2 Å². The molecular weight excluding hydrogens is 302 g/mol. The quantitative estimate of drug-likeness (QED) is 0.808. The van der Waals surface area contributed by atoms with Crippen molar-refractivity contribution in [1.29, 1.82) is 0 Å². The molecule has 0 fully saturated rings. The highest BCUT2D eigenvalue weighted by Crippen LogP contribution is 2.24. The number of rotatable bonds is 4. The maximum Gasteiger partial charge on any atom is 0.354 e. The largest absolute Gasteiger partial charge is 0.461 e. The first kappa shape index (κ1) is 12.4. The molecule has 0 aliphatic carbocycles. The van der Waals surface area contributed by atoms with Crippen LogP contribution in [0.2, 0.25) is 0 Å². The molecule has 0 radical (unpaired) electrons. The van der Waals surface area contributed by atoms with Gasteiger partial charge in [0, 0.05) is 15.5 Å². The number of ether oxygens (including phenoxy) is 1. The molecule has 0 aliphatic rings. The lowest BCUT2D eigenvalue weighted by atomic mass is 10.4. The van der Waals surface area contributed by atoms with E-state index in [0.29, 0.717) is 18.8 Å². The van der Waals surface area contributed by atoms with E-state index in [-0.39, 0.29) is 5.97 Å². The summed E-state index contributed by atoms with van der Waals surface area (Å²) in [5.74, 6) is -0.273. The Morgan fingerprint density at radius 2 is 2.35 bits per heavy atom. The number of aromatic nitrogens is 1. The molecule has 0 unspecified atom stereocenters. The molecule has 0 atom stereocenters. The van der Waals surface area contributed by atoms with Crippen LogP contribution in [0.15, 0.2) is 34.2 Å². The number of halogens is 1. The lowest BCUT2D eigenvalue weighted by Gasteiger charge is -2.07. The van der Waals surface area contributed by atoms with E-state index in [0.717, 1.165) is 4.47 Å². The van der Waals surface area contributed by atoms with E-state index in [2.05, 4.69) is 15.9 Å². The van der Waals surface area contributed by atoms with Gasteiger partial charge < -0.3 is 9.30 Å². The van der Waals surface area contributed by atoms with Gasteiger partial charge in [-0.05, 0) is 46.4 Å². The van der Waals surface area contributed by atoms with E-state index >= 15 is 0 Å². The molecule has 2 aromatic rings. The van der Waals surface area contributed by atoms with Crippen molar-refractivity contribution in [3.05, 3.63) is 44.8 Å². The van der Waals surface area contributed by atoms with Crippen LogP contribution < -0.4 is 0 Å². The fourth-order valence-corrected chi connectivity index (χ4v) is 3.01. The van der Waals surface area contributed by atoms with Crippen LogP contribution in [0.5, 0.6) is 0 Å². The third-order valence-electron chi connectivity index (χ3n) is 2.32. The zero-order valence-corrected chi connectivity index (χ0v) is 11.8. The van der Waals surface area contributed by atoms with Gasteiger partial charge in [-0.15, -0.1) is 11.3 Å². The van der Waals surface area contributed by atoms with Gasteiger partial charge in [-0.3, -0.25) is 0 Å². The van der Waals surface area contributed by atoms with Crippen LogP contribution in [0.4, 0.5) is 0 Å². The summed E-state index contributed by atoms with van der Waals surface area (Å²) in [6, 6.07) is 5.64. The Kier molecular flexibility index (Phi) is 4.02. The summed E-state index contributed by atoms with van der Waals surface area (Å²) in [7, 11) is 0. The van der Waals surface area contributed by atoms with Crippen molar-refractivity contribution in [3.8, 4) is 0 Å². The molecule has 90 valence electrons. The molecule has 17 heavy (non-hydrogen) atoms. The van der Waals surface area contributed by atoms with E-state index in [1.54, 1.807) is 24.3 Å². The third kappa shape index (κ3) is 2.79. The third-order valence-corrected chi connectivity index (χ3v) is 4.23. The highest BCUT2D eigenvalue weighted by atomic mass is 79.9. The SMILES string of the molecule is CCOC(=O)c1cccn1Cc1sccc1Br. The standard InChI is InChI=1S/C12H12BrNO2S/c1-2-16-12(15)10-4-3-6-14(10)8-11-9(13)5-7-17-11/h3-7H,2,8H2,1H3. The number of carbonyl (C=O) groups is 1. The molecule has 0 aromatic carbocycles. The molecular formula is C12H12BrNO2S. The predicted molar refractivity (Wildman–Crippen MR) is 71.5 cm³/mol. The van der Waals surface area contributed by atoms with Crippen LogP contribution in [0.1, 0.15) is 22.3 Å². The van der Waals surface area contributed by atoms with Crippen LogP contribution >= 0.6 is 27.3 Å². The van der Waals surface area contributed by atoms with Crippen molar-refractivity contribution in [2.45, 2.75) is 13.5 Å². The molecule has 0 saturated heterocycles. The molecule has 5 heteroatoms. The van der Waals surface area contributed by atoms with Crippen LogP contribution in [0.3, 0.4) is 0 Å². The van der Waals surface area contributed by atoms with Crippen molar-refractivity contribution in [1.82, 2.24) is 4.57 Å². The average Bonchev–Trinajstić information content (AvgIpc) is 2.90. The fourth-order valence-electron chi connectivity index (χ4n) is 1.53. The van der Waals surface area contributed by atoms with Gasteiger partial charge >= 0.3 is 5.97 Å². The summed E-state index contributed by atoms with van der Waals surface area (Å²) >= 11 is 5.15. The first-order valence-corrected chi connectivity index (χ1v) is 6.93. The van der Waals surface area contributed by atoms with E-state index in [9.17, 15) is 4.79 Å². The molecule has 0 bridgehead atoms. The van der Waals surface area contributed by atoms with Crippen molar-refractivity contribution in [2.75, 3.05) is 6.61 Å². The maximum absolute atomic E-state index is 11.7. The number of nitrogens with zero attached hydrogens (tertiary/aromatic N) is 1. The molecule has 3 nitrogen and oxygen atoms in total. The number of carbonyl (C=O) groups excluding carboxylic acids is 1. The highest BCUT2D eigenvalue weighted by Gasteiger charge is 2.12. The summed E-state index contributed by atoms with van der Waals surface area (Å²) in [4.78, 5) is 12.9. The first-order chi connectivity index (χ1) is 8.22. The average molecular weight is 314 g/mol. The Morgan fingerprint density at radius 3 is 3.00 bits per heavy atom. The van der Waals surface area contributed by atoms with Crippen LogP contribution in [0, 0.1) is 0 Å². The second-order valence-electron chi connectivity index (χ2n) is 3.43. The Labute approximate surface area is 112 Å². The molecule has 0 spiro atoms. The van der Waals surface area contributed by atoms with Crippen molar-refractivity contribution < 1.29 is 9.53 Å². The van der Waals surface area contributed by atoms with Gasteiger partial charge in [-0.25, -0.2) is 4.79 Å². The summed E-state index contributed by atoms with van der Waals surface area (Å²) in [5.41, 5.74) is 0.590. The Bertz CT molecular complexity index is 518. The normalized spacial score (nSPS) is 10.5. The Hall–Kier alpha value is -1.07. The fraction of sp³-hybridized carbons (Fsp3) is 0.250. The minimum atomic E-state index is -0.273. The van der Waals surface area contributed by atoms with Gasteiger partial charge in [-0.1, -0.05) is 0 Å². The van der Waals surface area contributed by atoms with Crippen molar-refractivity contribution >= 4 is 33.2 Å². The van der Waals surface area contributed by atoms with E-state index < -0.39 is 0 Å². The van der Waals surface area contributed by atoms with E-state index in [4.69, 9.17) is 4.74 Å².